The number of benzene rings is 2. The van der Waals surface area contributed by atoms with Gasteiger partial charge in [0.25, 0.3) is 11.5 Å². The van der Waals surface area contributed by atoms with Gasteiger partial charge < -0.3 is 9.52 Å². The molecule has 9 nitrogen and oxygen atoms in total. The number of carbonyl (C=O) groups is 2. The number of nitrogens with zero attached hydrogens (tertiary/aromatic N) is 4. The molecule has 1 N–H and O–H groups in total. The fourth-order valence-corrected chi connectivity index (χ4v) is 4.09. The summed E-state index contributed by atoms with van der Waals surface area (Å²) in [5.41, 5.74) is 0.573. The van der Waals surface area contributed by atoms with Crippen LogP contribution in [0, 0.1) is 0 Å². The average Bonchev–Trinajstić information content (AvgIpc) is 3.51. The summed E-state index contributed by atoms with van der Waals surface area (Å²) in [7, 11) is 0. The third kappa shape index (κ3) is 3.86. The molecule has 2 aromatic carbocycles. The SMILES string of the molecule is O=C(O)c1nn(CC(=O)N2N=C(c3ccc(Cl)cc3)C[C@@H]2c2ccco2)c(=O)c2ccccc12. The minimum absolute atomic E-state index is 0.164. The topological polar surface area (TPSA) is 118 Å². The van der Waals surface area contributed by atoms with Gasteiger partial charge in [-0.3, -0.25) is 9.59 Å². The molecule has 5 rings (SSSR count). The lowest BCUT2D eigenvalue weighted by molar-refractivity contribution is -0.134. The zero-order valence-corrected chi connectivity index (χ0v) is 18.3. The Hall–Kier alpha value is -4.24. The summed E-state index contributed by atoms with van der Waals surface area (Å²) in [5.74, 6) is -1.30. The summed E-state index contributed by atoms with van der Waals surface area (Å²) in [5, 5.41) is 20.2. The first-order valence-electron chi connectivity index (χ1n) is 10.3. The Morgan fingerprint density at radius 2 is 1.79 bits per heavy atom. The van der Waals surface area contributed by atoms with Crippen molar-refractivity contribution in [3.05, 3.63) is 99.3 Å². The first-order valence-corrected chi connectivity index (χ1v) is 10.7. The van der Waals surface area contributed by atoms with E-state index in [1.807, 2.05) is 12.1 Å². The van der Waals surface area contributed by atoms with Gasteiger partial charge in [-0.2, -0.15) is 10.2 Å². The van der Waals surface area contributed by atoms with Gasteiger partial charge in [0, 0.05) is 16.8 Å². The number of hydrogen-bond donors (Lipinski definition) is 1. The van der Waals surface area contributed by atoms with Crippen molar-refractivity contribution in [2.75, 3.05) is 0 Å². The van der Waals surface area contributed by atoms with Crippen molar-refractivity contribution >= 4 is 40.0 Å². The van der Waals surface area contributed by atoms with Crippen molar-refractivity contribution in [1.82, 2.24) is 14.8 Å². The fraction of sp³-hybridized carbons (Fsp3) is 0.125. The van der Waals surface area contributed by atoms with E-state index >= 15 is 0 Å². The predicted molar refractivity (Wildman–Crippen MR) is 124 cm³/mol. The van der Waals surface area contributed by atoms with Gasteiger partial charge in [-0.25, -0.2) is 14.5 Å². The maximum Gasteiger partial charge on any atom is 0.357 e. The second-order valence-electron chi connectivity index (χ2n) is 7.69. The largest absolute Gasteiger partial charge is 0.476 e. The van der Waals surface area contributed by atoms with Crippen LogP contribution in [0.1, 0.15) is 34.3 Å². The third-order valence-corrected chi connectivity index (χ3v) is 5.82. The number of fused-ring (bicyclic) bond motifs is 1. The first-order chi connectivity index (χ1) is 16.4. The molecule has 4 aromatic rings. The second kappa shape index (κ2) is 8.60. The van der Waals surface area contributed by atoms with Crippen LogP contribution in [0.5, 0.6) is 0 Å². The standard InChI is InChI=1S/C24H17ClN4O5/c25-15-9-7-14(8-10-15)18-12-19(20-6-3-11-34-20)29(26-18)21(30)13-28-23(31)17-5-2-1-4-16(17)22(27-28)24(32)33/h1-11,19H,12-13H2,(H,32,33)/t19-/m1/s1. The number of furan rings is 1. The zero-order chi connectivity index (χ0) is 23.8. The summed E-state index contributed by atoms with van der Waals surface area (Å²) in [6.07, 6.45) is 1.90. The summed E-state index contributed by atoms with van der Waals surface area (Å²) < 4.78 is 6.40. The maximum atomic E-state index is 13.3. The average molecular weight is 477 g/mol. The smallest absolute Gasteiger partial charge is 0.357 e. The zero-order valence-electron chi connectivity index (χ0n) is 17.6. The van der Waals surface area contributed by atoms with Crippen LogP contribution >= 0.6 is 11.6 Å². The molecule has 0 bridgehead atoms. The molecule has 1 aliphatic heterocycles. The molecule has 1 amide bonds. The van der Waals surface area contributed by atoms with Crippen molar-refractivity contribution in [1.29, 1.82) is 0 Å². The maximum absolute atomic E-state index is 13.3. The molecule has 0 saturated carbocycles. The molecular weight excluding hydrogens is 460 g/mol. The van der Waals surface area contributed by atoms with E-state index in [0.717, 1.165) is 10.2 Å². The first kappa shape index (κ1) is 21.6. The number of aromatic nitrogens is 2. The normalized spacial score (nSPS) is 15.5. The Morgan fingerprint density at radius 3 is 2.47 bits per heavy atom. The molecule has 0 unspecified atom stereocenters. The van der Waals surface area contributed by atoms with E-state index in [1.165, 1.54) is 23.4 Å². The number of halogens is 1. The molecule has 170 valence electrons. The van der Waals surface area contributed by atoms with Gasteiger partial charge in [0.2, 0.25) is 0 Å². The van der Waals surface area contributed by atoms with Gasteiger partial charge in [-0.1, -0.05) is 41.9 Å². The lowest BCUT2D eigenvalue weighted by Crippen LogP contribution is -2.35. The van der Waals surface area contributed by atoms with E-state index in [4.69, 9.17) is 16.0 Å². The monoisotopic (exact) mass is 476 g/mol. The van der Waals surface area contributed by atoms with Crippen molar-refractivity contribution in [3.8, 4) is 0 Å². The summed E-state index contributed by atoms with van der Waals surface area (Å²) in [4.78, 5) is 38.0. The molecule has 3 heterocycles. The van der Waals surface area contributed by atoms with Crippen molar-refractivity contribution in [2.24, 2.45) is 5.10 Å². The van der Waals surface area contributed by atoms with Crippen LogP contribution in [0.2, 0.25) is 5.02 Å². The quantitative estimate of drug-likeness (QED) is 0.469. The molecule has 0 radical (unpaired) electrons. The van der Waals surface area contributed by atoms with Gasteiger partial charge in [-0.05, 0) is 35.9 Å². The number of amides is 1. The van der Waals surface area contributed by atoms with Crippen LogP contribution in [0.25, 0.3) is 10.8 Å². The number of carbonyl (C=O) groups excluding carboxylic acids is 1. The molecule has 0 saturated heterocycles. The van der Waals surface area contributed by atoms with Crippen molar-refractivity contribution in [3.63, 3.8) is 0 Å². The second-order valence-corrected chi connectivity index (χ2v) is 8.13. The van der Waals surface area contributed by atoms with E-state index in [0.29, 0.717) is 22.9 Å². The molecule has 0 fully saturated rings. The lowest BCUT2D eigenvalue weighted by Gasteiger charge is -2.20. The summed E-state index contributed by atoms with van der Waals surface area (Å²) in [6.45, 7) is -0.488. The molecule has 1 aliphatic rings. The summed E-state index contributed by atoms with van der Waals surface area (Å²) >= 11 is 5.99. The van der Waals surface area contributed by atoms with Gasteiger partial charge in [0.15, 0.2) is 5.69 Å². The Labute approximate surface area is 197 Å². The number of hydrazone groups is 1. The molecule has 10 heteroatoms. The molecule has 1 atom stereocenters. The number of carboxylic acid groups (broad SMARTS) is 1. The van der Waals surface area contributed by atoms with Crippen LogP contribution < -0.4 is 5.56 Å². The Bertz CT molecular complexity index is 1490. The minimum Gasteiger partial charge on any atom is -0.476 e. The molecule has 34 heavy (non-hydrogen) atoms. The summed E-state index contributed by atoms with van der Waals surface area (Å²) in [6, 6.07) is 16.3. The molecule has 0 spiro atoms. The van der Waals surface area contributed by atoms with E-state index < -0.39 is 30.0 Å². The Balaban J connectivity index is 1.53. The van der Waals surface area contributed by atoms with E-state index in [9.17, 15) is 19.5 Å². The Kier molecular flexibility index (Phi) is 5.46. The number of hydrogen-bond acceptors (Lipinski definition) is 6. The van der Waals surface area contributed by atoms with Gasteiger partial charge >= 0.3 is 5.97 Å². The minimum atomic E-state index is -1.30. The number of aromatic carboxylic acids is 1. The van der Waals surface area contributed by atoms with Gasteiger partial charge in [-0.15, -0.1) is 0 Å². The predicted octanol–water partition coefficient (Wildman–Crippen LogP) is 3.72. The van der Waals surface area contributed by atoms with Crippen molar-refractivity contribution < 1.29 is 19.1 Å². The highest BCUT2D eigenvalue weighted by molar-refractivity contribution is 6.30. The Morgan fingerprint density at radius 1 is 1.06 bits per heavy atom. The van der Waals surface area contributed by atoms with Crippen molar-refractivity contribution in [2.45, 2.75) is 19.0 Å². The molecular formula is C24H17ClN4O5. The van der Waals surface area contributed by atoms with Crippen LogP contribution in [0.15, 0.2) is 81.2 Å². The van der Waals surface area contributed by atoms with Crippen LogP contribution in [0.3, 0.4) is 0 Å². The molecule has 2 aromatic heterocycles. The van der Waals surface area contributed by atoms with Gasteiger partial charge in [0.05, 0.1) is 17.4 Å². The lowest BCUT2D eigenvalue weighted by atomic mass is 10.0. The van der Waals surface area contributed by atoms with Gasteiger partial charge in [0.1, 0.15) is 18.3 Å². The van der Waals surface area contributed by atoms with Crippen LogP contribution in [-0.2, 0) is 11.3 Å². The molecule has 0 aliphatic carbocycles. The van der Waals surface area contributed by atoms with Crippen LogP contribution in [0.4, 0.5) is 0 Å². The van der Waals surface area contributed by atoms with Crippen LogP contribution in [-0.4, -0.2) is 37.5 Å². The van der Waals surface area contributed by atoms with E-state index in [2.05, 4.69) is 10.2 Å². The van der Waals surface area contributed by atoms with E-state index in [1.54, 1.807) is 36.4 Å². The fourth-order valence-electron chi connectivity index (χ4n) is 3.96. The highest BCUT2D eigenvalue weighted by Gasteiger charge is 2.35. The highest BCUT2D eigenvalue weighted by atomic mass is 35.5. The third-order valence-electron chi connectivity index (χ3n) is 5.57. The number of rotatable bonds is 5. The number of carboxylic acids is 1. The highest BCUT2D eigenvalue weighted by Crippen LogP contribution is 2.33. The van der Waals surface area contributed by atoms with E-state index in [-0.39, 0.29) is 16.5 Å².